The van der Waals surface area contributed by atoms with Crippen molar-refractivity contribution in [3.05, 3.63) is 59.9 Å². The Morgan fingerprint density at radius 1 is 1.12 bits per heavy atom. The predicted molar refractivity (Wildman–Crippen MR) is 84.9 cm³/mol. The van der Waals surface area contributed by atoms with Crippen LogP contribution in [0.25, 0.3) is 11.0 Å². The summed E-state index contributed by atoms with van der Waals surface area (Å²) in [6.07, 6.45) is -2.75. The number of benzene rings is 2. The van der Waals surface area contributed by atoms with E-state index in [-0.39, 0.29) is 11.5 Å². The Hall–Kier alpha value is -2.83. The zero-order valence-electron chi connectivity index (χ0n) is 13.0. The minimum absolute atomic E-state index is 0.187. The molecule has 3 rings (SSSR count). The number of amides is 1. The molecular formula is C17H14F3N3O. The van der Waals surface area contributed by atoms with E-state index >= 15 is 0 Å². The van der Waals surface area contributed by atoms with Gasteiger partial charge in [0.2, 0.25) is 0 Å². The number of imidazole rings is 1. The van der Waals surface area contributed by atoms with Crippen LogP contribution in [0.3, 0.4) is 0 Å². The Labute approximate surface area is 136 Å². The zero-order valence-corrected chi connectivity index (χ0v) is 13.0. The minimum Gasteiger partial charge on any atom is -0.334 e. The predicted octanol–water partition coefficient (Wildman–Crippen LogP) is 3.87. The number of carbonyl (C=O) groups is 1. The first-order valence-corrected chi connectivity index (χ1v) is 7.14. The summed E-state index contributed by atoms with van der Waals surface area (Å²) < 4.78 is 39.6. The number of hydrogen-bond acceptors (Lipinski definition) is 2. The van der Waals surface area contributed by atoms with E-state index in [1.54, 1.807) is 25.5 Å². The summed E-state index contributed by atoms with van der Waals surface area (Å²) in [6, 6.07) is 9.55. The molecule has 0 unspecified atom stereocenters. The molecule has 124 valence electrons. The second-order valence-electron chi connectivity index (χ2n) is 5.47. The SMILES string of the molecule is CN(C(=O)c1ccc(C(F)(F)F)cc1)c1ccc2c(c1)ncn2C. The van der Waals surface area contributed by atoms with Crippen LogP contribution in [0.5, 0.6) is 0 Å². The molecular weight excluding hydrogens is 319 g/mol. The number of aryl methyl sites for hydroxylation is 1. The van der Waals surface area contributed by atoms with Gasteiger partial charge < -0.3 is 9.47 Å². The first-order valence-electron chi connectivity index (χ1n) is 7.14. The van der Waals surface area contributed by atoms with Crippen LogP contribution in [0.2, 0.25) is 0 Å². The number of carbonyl (C=O) groups excluding carboxylic acids is 1. The highest BCUT2D eigenvalue weighted by molar-refractivity contribution is 6.06. The maximum Gasteiger partial charge on any atom is 0.416 e. The van der Waals surface area contributed by atoms with Gasteiger partial charge in [0.05, 0.1) is 22.9 Å². The van der Waals surface area contributed by atoms with Crippen molar-refractivity contribution in [3.8, 4) is 0 Å². The summed E-state index contributed by atoms with van der Waals surface area (Å²) in [7, 11) is 3.44. The average Bonchev–Trinajstić information content (AvgIpc) is 2.93. The van der Waals surface area contributed by atoms with Gasteiger partial charge in [-0.15, -0.1) is 0 Å². The summed E-state index contributed by atoms with van der Waals surface area (Å²) in [5.74, 6) is -0.390. The lowest BCUT2D eigenvalue weighted by atomic mass is 10.1. The molecule has 0 spiro atoms. The number of alkyl halides is 3. The van der Waals surface area contributed by atoms with E-state index in [4.69, 9.17) is 0 Å². The third kappa shape index (κ3) is 2.84. The van der Waals surface area contributed by atoms with Crippen LogP contribution < -0.4 is 4.90 Å². The van der Waals surface area contributed by atoms with Gasteiger partial charge in [-0.1, -0.05) is 0 Å². The van der Waals surface area contributed by atoms with Gasteiger partial charge in [0, 0.05) is 25.3 Å². The van der Waals surface area contributed by atoms with Gasteiger partial charge in [-0.05, 0) is 42.5 Å². The van der Waals surface area contributed by atoms with Crippen molar-refractivity contribution in [1.82, 2.24) is 9.55 Å². The van der Waals surface area contributed by atoms with Gasteiger partial charge >= 0.3 is 6.18 Å². The molecule has 0 atom stereocenters. The molecule has 0 radical (unpaired) electrons. The highest BCUT2D eigenvalue weighted by Gasteiger charge is 2.30. The lowest BCUT2D eigenvalue weighted by Crippen LogP contribution is -2.26. The molecule has 0 N–H and O–H groups in total. The number of anilines is 1. The third-order valence-corrected chi connectivity index (χ3v) is 3.86. The Morgan fingerprint density at radius 2 is 1.79 bits per heavy atom. The largest absolute Gasteiger partial charge is 0.416 e. The zero-order chi connectivity index (χ0) is 17.5. The first kappa shape index (κ1) is 16.0. The number of hydrogen-bond donors (Lipinski definition) is 0. The quantitative estimate of drug-likeness (QED) is 0.714. The van der Waals surface area contributed by atoms with Crippen molar-refractivity contribution in [2.45, 2.75) is 6.18 Å². The second-order valence-corrected chi connectivity index (χ2v) is 5.47. The molecule has 0 bridgehead atoms. The van der Waals surface area contributed by atoms with Crippen LogP contribution in [-0.2, 0) is 13.2 Å². The van der Waals surface area contributed by atoms with E-state index in [0.717, 1.165) is 23.2 Å². The van der Waals surface area contributed by atoms with Gasteiger partial charge in [-0.3, -0.25) is 4.79 Å². The van der Waals surface area contributed by atoms with Crippen molar-refractivity contribution in [3.63, 3.8) is 0 Å². The molecule has 24 heavy (non-hydrogen) atoms. The van der Waals surface area contributed by atoms with Gasteiger partial charge in [-0.25, -0.2) is 4.98 Å². The monoisotopic (exact) mass is 333 g/mol. The summed E-state index contributed by atoms with van der Waals surface area (Å²) in [5.41, 5.74) is 1.69. The average molecular weight is 333 g/mol. The van der Waals surface area contributed by atoms with E-state index in [9.17, 15) is 18.0 Å². The molecule has 1 aromatic heterocycles. The summed E-state index contributed by atoms with van der Waals surface area (Å²) >= 11 is 0. The van der Waals surface area contributed by atoms with Gasteiger partial charge in [0.25, 0.3) is 5.91 Å². The Morgan fingerprint density at radius 3 is 2.42 bits per heavy atom. The van der Waals surface area contributed by atoms with Crippen LogP contribution in [0, 0.1) is 0 Å². The summed E-state index contributed by atoms with van der Waals surface area (Å²) in [5, 5.41) is 0. The Balaban J connectivity index is 1.87. The van der Waals surface area contributed by atoms with Gasteiger partial charge in [-0.2, -0.15) is 13.2 Å². The van der Waals surface area contributed by atoms with E-state index in [2.05, 4.69) is 4.98 Å². The van der Waals surface area contributed by atoms with Crippen molar-refractivity contribution in [2.24, 2.45) is 7.05 Å². The van der Waals surface area contributed by atoms with Crippen LogP contribution in [0.4, 0.5) is 18.9 Å². The highest BCUT2D eigenvalue weighted by Crippen LogP contribution is 2.29. The normalized spacial score (nSPS) is 11.7. The third-order valence-electron chi connectivity index (χ3n) is 3.86. The molecule has 1 heterocycles. The van der Waals surface area contributed by atoms with E-state index < -0.39 is 11.7 Å². The molecule has 0 saturated carbocycles. The Bertz CT molecular complexity index is 898. The number of halogens is 3. The first-order chi connectivity index (χ1) is 11.3. The molecule has 0 saturated heterocycles. The maximum absolute atomic E-state index is 12.6. The molecule has 0 aliphatic rings. The van der Waals surface area contributed by atoms with Crippen molar-refractivity contribution in [2.75, 3.05) is 11.9 Å². The fraction of sp³-hybridized carbons (Fsp3) is 0.176. The molecule has 2 aromatic carbocycles. The molecule has 7 heteroatoms. The fourth-order valence-corrected chi connectivity index (χ4v) is 2.45. The number of aromatic nitrogens is 2. The van der Waals surface area contributed by atoms with Gasteiger partial charge in [0.15, 0.2) is 0 Å². The smallest absolute Gasteiger partial charge is 0.334 e. The van der Waals surface area contributed by atoms with Crippen LogP contribution in [-0.4, -0.2) is 22.5 Å². The summed E-state index contributed by atoms with van der Waals surface area (Å²) in [4.78, 5) is 18.1. The maximum atomic E-state index is 12.6. The Kier molecular flexibility index (Phi) is 3.79. The minimum atomic E-state index is -4.42. The van der Waals surface area contributed by atoms with Crippen LogP contribution in [0.1, 0.15) is 15.9 Å². The fourth-order valence-electron chi connectivity index (χ4n) is 2.45. The molecule has 0 fully saturated rings. The molecule has 0 aliphatic carbocycles. The van der Waals surface area contributed by atoms with Crippen molar-refractivity contribution >= 4 is 22.6 Å². The number of rotatable bonds is 2. The van der Waals surface area contributed by atoms with E-state index in [1.807, 2.05) is 17.7 Å². The highest BCUT2D eigenvalue weighted by atomic mass is 19.4. The van der Waals surface area contributed by atoms with Gasteiger partial charge in [0.1, 0.15) is 0 Å². The van der Waals surface area contributed by atoms with Crippen molar-refractivity contribution < 1.29 is 18.0 Å². The molecule has 3 aromatic rings. The molecule has 4 nitrogen and oxygen atoms in total. The van der Waals surface area contributed by atoms with Crippen LogP contribution >= 0.6 is 0 Å². The lowest BCUT2D eigenvalue weighted by molar-refractivity contribution is -0.137. The molecule has 0 aliphatic heterocycles. The van der Waals surface area contributed by atoms with E-state index in [0.29, 0.717) is 5.69 Å². The second kappa shape index (κ2) is 5.67. The topological polar surface area (TPSA) is 38.1 Å². The standard InChI is InChI=1S/C17H14F3N3O/c1-22-10-21-14-9-13(7-8-15(14)22)23(2)16(24)11-3-5-12(6-4-11)17(18,19)20/h3-10H,1-2H3. The molecule has 1 amide bonds. The van der Waals surface area contributed by atoms with Crippen LogP contribution in [0.15, 0.2) is 48.8 Å². The van der Waals surface area contributed by atoms with E-state index in [1.165, 1.54) is 17.0 Å². The number of fused-ring (bicyclic) bond motifs is 1. The lowest BCUT2D eigenvalue weighted by Gasteiger charge is -2.18. The summed E-state index contributed by atoms with van der Waals surface area (Å²) in [6.45, 7) is 0. The van der Waals surface area contributed by atoms with Crippen molar-refractivity contribution in [1.29, 1.82) is 0 Å². The number of nitrogens with zero attached hydrogens (tertiary/aromatic N) is 3.